The van der Waals surface area contributed by atoms with Crippen molar-refractivity contribution in [3.8, 4) is 0 Å². The first-order valence-electron chi connectivity index (χ1n) is 5.48. The zero-order valence-electron chi connectivity index (χ0n) is 8.96. The summed E-state index contributed by atoms with van der Waals surface area (Å²) in [7, 11) is 0. The van der Waals surface area contributed by atoms with Crippen molar-refractivity contribution in [3.05, 3.63) is 22.7 Å². The zero-order valence-corrected chi connectivity index (χ0v) is 10.5. The van der Waals surface area contributed by atoms with Crippen molar-refractivity contribution in [2.24, 2.45) is 5.92 Å². The molecule has 1 aromatic carbocycles. The monoisotopic (exact) mass is 268 g/mol. The van der Waals surface area contributed by atoms with Crippen LogP contribution in [-0.4, -0.2) is 6.04 Å². The highest BCUT2D eigenvalue weighted by molar-refractivity contribution is 9.10. The molecule has 0 spiro atoms. The lowest BCUT2D eigenvalue weighted by molar-refractivity contribution is 0.285. The van der Waals surface area contributed by atoms with Crippen LogP contribution in [0.2, 0.25) is 0 Å². The van der Waals surface area contributed by atoms with Gasteiger partial charge in [0.1, 0.15) is 0 Å². The van der Waals surface area contributed by atoms with E-state index >= 15 is 0 Å². The quantitative estimate of drug-likeness (QED) is 0.822. The standard InChI is InChI=1S/C12H17BrN2/c1-8(9-3-2-4-9)15-12-6-5-10(13)7-11(12)14/h5-9,15H,2-4,14H2,1H3. The summed E-state index contributed by atoms with van der Waals surface area (Å²) in [6.07, 6.45) is 4.09. The van der Waals surface area contributed by atoms with E-state index in [-0.39, 0.29) is 0 Å². The number of rotatable bonds is 3. The molecule has 1 saturated carbocycles. The maximum Gasteiger partial charge on any atom is 0.0576 e. The van der Waals surface area contributed by atoms with Gasteiger partial charge in [0.25, 0.3) is 0 Å². The minimum absolute atomic E-state index is 0.530. The van der Waals surface area contributed by atoms with Crippen LogP contribution in [0.1, 0.15) is 26.2 Å². The lowest BCUT2D eigenvalue weighted by atomic mass is 9.80. The van der Waals surface area contributed by atoms with E-state index in [1.807, 2.05) is 18.2 Å². The molecule has 0 aromatic heterocycles. The molecule has 2 nitrogen and oxygen atoms in total. The lowest BCUT2D eigenvalue weighted by Crippen LogP contribution is -2.31. The Bertz CT molecular complexity index is 347. The molecule has 0 aliphatic heterocycles. The van der Waals surface area contributed by atoms with E-state index in [9.17, 15) is 0 Å². The van der Waals surface area contributed by atoms with Crippen LogP contribution in [0, 0.1) is 5.92 Å². The minimum atomic E-state index is 0.530. The number of anilines is 2. The Kier molecular flexibility index (Phi) is 3.19. The first kappa shape index (κ1) is 10.8. The van der Waals surface area contributed by atoms with Crippen molar-refractivity contribution in [2.75, 3.05) is 11.1 Å². The molecule has 82 valence electrons. The summed E-state index contributed by atoms with van der Waals surface area (Å²) < 4.78 is 1.03. The van der Waals surface area contributed by atoms with Gasteiger partial charge in [0.2, 0.25) is 0 Å². The first-order valence-corrected chi connectivity index (χ1v) is 6.27. The Morgan fingerprint density at radius 2 is 2.20 bits per heavy atom. The van der Waals surface area contributed by atoms with E-state index in [2.05, 4.69) is 28.2 Å². The number of hydrogen-bond donors (Lipinski definition) is 2. The summed E-state index contributed by atoms with van der Waals surface area (Å²) in [5.74, 6) is 0.827. The fourth-order valence-corrected chi connectivity index (χ4v) is 2.35. The van der Waals surface area contributed by atoms with E-state index in [0.717, 1.165) is 21.8 Å². The number of benzene rings is 1. The highest BCUT2D eigenvalue weighted by atomic mass is 79.9. The predicted octanol–water partition coefficient (Wildman–Crippen LogP) is 3.63. The maximum absolute atomic E-state index is 5.94. The van der Waals surface area contributed by atoms with Gasteiger partial charge in [-0.25, -0.2) is 0 Å². The molecule has 1 aliphatic rings. The normalized spacial score (nSPS) is 18.3. The zero-order chi connectivity index (χ0) is 10.8. The van der Waals surface area contributed by atoms with E-state index in [4.69, 9.17) is 5.73 Å². The number of nitrogen functional groups attached to an aromatic ring is 1. The average Bonchev–Trinajstić information content (AvgIpc) is 2.07. The molecule has 1 fully saturated rings. The highest BCUT2D eigenvalue weighted by Gasteiger charge is 2.23. The van der Waals surface area contributed by atoms with Gasteiger partial charge in [-0.1, -0.05) is 22.4 Å². The van der Waals surface area contributed by atoms with Crippen LogP contribution >= 0.6 is 15.9 Å². The Labute approximate surface area is 99.4 Å². The molecule has 1 aliphatic carbocycles. The third kappa shape index (κ3) is 2.46. The van der Waals surface area contributed by atoms with Crippen LogP contribution in [0.3, 0.4) is 0 Å². The molecule has 3 heteroatoms. The summed E-state index contributed by atoms with van der Waals surface area (Å²) in [6.45, 7) is 2.24. The van der Waals surface area contributed by atoms with Gasteiger partial charge in [0, 0.05) is 10.5 Å². The molecule has 0 heterocycles. The maximum atomic E-state index is 5.94. The molecule has 0 radical (unpaired) electrons. The molecule has 2 rings (SSSR count). The van der Waals surface area contributed by atoms with Gasteiger partial charge in [0.05, 0.1) is 11.4 Å². The van der Waals surface area contributed by atoms with Crippen molar-refractivity contribution in [1.82, 2.24) is 0 Å². The van der Waals surface area contributed by atoms with Crippen LogP contribution in [0.5, 0.6) is 0 Å². The Morgan fingerprint density at radius 1 is 1.47 bits per heavy atom. The lowest BCUT2D eigenvalue weighted by Gasteiger charge is -2.32. The molecular weight excluding hydrogens is 252 g/mol. The molecule has 1 atom stereocenters. The van der Waals surface area contributed by atoms with Crippen LogP contribution < -0.4 is 11.1 Å². The fraction of sp³-hybridized carbons (Fsp3) is 0.500. The van der Waals surface area contributed by atoms with Crippen molar-refractivity contribution >= 4 is 27.3 Å². The first-order chi connectivity index (χ1) is 7.16. The Balaban J connectivity index is 2.03. The molecule has 15 heavy (non-hydrogen) atoms. The van der Waals surface area contributed by atoms with Gasteiger partial charge < -0.3 is 11.1 Å². The molecular formula is C12H17BrN2. The van der Waals surface area contributed by atoms with Gasteiger partial charge in [0.15, 0.2) is 0 Å². The van der Waals surface area contributed by atoms with E-state index in [1.54, 1.807) is 0 Å². The largest absolute Gasteiger partial charge is 0.397 e. The van der Waals surface area contributed by atoms with E-state index < -0.39 is 0 Å². The van der Waals surface area contributed by atoms with Gasteiger partial charge >= 0.3 is 0 Å². The third-order valence-corrected chi connectivity index (χ3v) is 3.75. The smallest absolute Gasteiger partial charge is 0.0576 e. The van der Waals surface area contributed by atoms with Gasteiger partial charge in [-0.15, -0.1) is 0 Å². The summed E-state index contributed by atoms with van der Waals surface area (Å²) in [6, 6.07) is 6.53. The van der Waals surface area contributed by atoms with E-state index in [1.165, 1.54) is 19.3 Å². The van der Waals surface area contributed by atoms with Gasteiger partial charge in [-0.3, -0.25) is 0 Å². The van der Waals surface area contributed by atoms with Crippen LogP contribution in [0.4, 0.5) is 11.4 Å². The fourth-order valence-electron chi connectivity index (χ4n) is 1.97. The molecule has 0 bridgehead atoms. The second-order valence-electron chi connectivity index (χ2n) is 4.36. The van der Waals surface area contributed by atoms with Crippen LogP contribution in [-0.2, 0) is 0 Å². The summed E-state index contributed by atoms with van der Waals surface area (Å²) in [5, 5.41) is 3.49. The van der Waals surface area contributed by atoms with E-state index in [0.29, 0.717) is 6.04 Å². The van der Waals surface area contributed by atoms with Crippen molar-refractivity contribution in [1.29, 1.82) is 0 Å². The van der Waals surface area contributed by atoms with Gasteiger partial charge in [-0.2, -0.15) is 0 Å². The van der Waals surface area contributed by atoms with Crippen molar-refractivity contribution in [3.63, 3.8) is 0 Å². The number of hydrogen-bond acceptors (Lipinski definition) is 2. The second kappa shape index (κ2) is 4.44. The summed E-state index contributed by atoms with van der Waals surface area (Å²) in [5.41, 5.74) is 7.81. The van der Waals surface area contributed by atoms with Gasteiger partial charge in [-0.05, 0) is 43.9 Å². The molecule has 0 saturated heterocycles. The number of halogens is 1. The van der Waals surface area contributed by atoms with Crippen LogP contribution in [0.15, 0.2) is 22.7 Å². The summed E-state index contributed by atoms with van der Waals surface area (Å²) >= 11 is 3.41. The minimum Gasteiger partial charge on any atom is -0.397 e. The SMILES string of the molecule is CC(Nc1ccc(Br)cc1N)C1CCC1. The van der Waals surface area contributed by atoms with Crippen molar-refractivity contribution in [2.45, 2.75) is 32.2 Å². The predicted molar refractivity (Wildman–Crippen MR) is 69.0 cm³/mol. The Hall–Kier alpha value is -0.700. The third-order valence-electron chi connectivity index (χ3n) is 3.25. The van der Waals surface area contributed by atoms with Crippen LogP contribution in [0.25, 0.3) is 0 Å². The number of nitrogens with two attached hydrogens (primary N) is 1. The van der Waals surface area contributed by atoms with Crippen molar-refractivity contribution < 1.29 is 0 Å². The number of nitrogens with one attached hydrogen (secondary N) is 1. The molecule has 1 unspecified atom stereocenters. The summed E-state index contributed by atoms with van der Waals surface area (Å²) in [4.78, 5) is 0. The Morgan fingerprint density at radius 3 is 2.73 bits per heavy atom. The average molecular weight is 269 g/mol. The molecule has 3 N–H and O–H groups in total. The molecule has 0 amide bonds. The highest BCUT2D eigenvalue weighted by Crippen LogP contribution is 2.32. The topological polar surface area (TPSA) is 38.0 Å². The molecule has 1 aromatic rings. The second-order valence-corrected chi connectivity index (χ2v) is 5.27.